The smallest absolute Gasteiger partial charge is 0.184 e. The Hall–Kier alpha value is -4.57. The standard InChI is InChI=1S/C30H26F2N8/c31-21-6-4-19(5-7-21)27-23-16-36-30(37-24(23)8-9-34-27)28-25-26(32)22(15-35-29(25)39-38-28)20-12-18(13-33-14-20)17-40-10-2-1-3-11-40/h4-9,12-15H,1-3,10-11,16-17H2,(H,36,37)(H,35,38,39). The second-order valence-corrected chi connectivity index (χ2v) is 10.2. The molecular weight excluding hydrogens is 510 g/mol. The number of aliphatic imine (C=N–C) groups is 1. The van der Waals surface area contributed by atoms with Gasteiger partial charge in [-0.05, 0) is 67.9 Å². The summed E-state index contributed by atoms with van der Waals surface area (Å²) in [6.07, 6.45) is 10.4. The number of rotatable bonds is 5. The number of nitrogens with one attached hydrogen (secondary N) is 2. The number of benzene rings is 1. The SMILES string of the molecule is Fc1ccc(-c2nccc3c2CN=C(c2[nH]nc4ncc(-c5cncc(CN6CCCCC6)c5)c(F)c24)N3)cc1. The second-order valence-electron chi connectivity index (χ2n) is 10.2. The molecule has 1 aromatic carbocycles. The van der Waals surface area contributed by atoms with Gasteiger partial charge in [-0.15, -0.1) is 0 Å². The largest absolute Gasteiger partial charge is 0.338 e. The van der Waals surface area contributed by atoms with Crippen molar-refractivity contribution in [2.24, 2.45) is 4.99 Å². The molecule has 2 aliphatic rings. The van der Waals surface area contributed by atoms with E-state index in [9.17, 15) is 4.39 Å². The molecule has 0 saturated carbocycles. The Kier molecular flexibility index (Phi) is 6.24. The number of amidine groups is 1. The Labute approximate surface area is 229 Å². The summed E-state index contributed by atoms with van der Waals surface area (Å²) in [6, 6.07) is 10.0. The van der Waals surface area contributed by atoms with Gasteiger partial charge in [-0.1, -0.05) is 6.42 Å². The number of aromatic nitrogens is 5. The van der Waals surface area contributed by atoms with Gasteiger partial charge in [0.05, 0.1) is 17.6 Å². The van der Waals surface area contributed by atoms with Gasteiger partial charge in [0.2, 0.25) is 0 Å². The van der Waals surface area contributed by atoms with Crippen LogP contribution in [0.1, 0.15) is 36.1 Å². The molecule has 4 aromatic heterocycles. The monoisotopic (exact) mass is 536 g/mol. The zero-order chi connectivity index (χ0) is 27.1. The first-order valence-corrected chi connectivity index (χ1v) is 13.4. The Morgan fingerprint density at radius 2 is 1.75 bits per heavy atom. The number of nitrogens with zero attached hydrogens (tertiary/aromatic N) is 6. The van der Waals surface area contributed by atoms with E-state index in [4.69, 9.17) is 4.99 Å². The molecule has 2 N–H and O–H groups in total. The quantitative estimate of drug-likeness (QED) is 0.298. The molecule has 7 rings (SSSR count). The van der Waals surface area contributed by atoms with Crippen LogP contribution >= 0.6 is 0 Å². The molecule has 0 bridgehead atoms. The van der Waals surface area contributed by atoms with Crippen molar-refractivity contribution in [3.8, 4) is 22.4 Å². The highest BCUT2D eigenvalue weighted by molar-refractivity contribution is 6.15. The molecule has 0 amide bonds. The number of likely N-dealkylation sites (tertiary alicyclic amines) is 1. The molecule has 40 heavy (non-hydrogen) atoms. The van der Waals surface area contributed by atoms with Gasteiger partial charge in [-0.3, -0.25) is 25.0 Å². The summed E-state index contributed by atoms with van der Waals surface area (Å²) in [7, 11) is 0. The van der Waals surface area contributed by atoms with E-state index < -0.39 is 5.82 Å². The molecule has 0 unspecified atom stereocenters. The van der Waals surface area contributed by atoms with Crippen LogP contribution in [0.25, 0.3) is 33.4 Å². The average molecular weight is 537 g/mol. The number of anilines is 1. The lowest BCUT2D eigenvalue weighted by Crippen LogP contribution is -2.29. The van der Waals surface area contributed by atoms with Gasteiger partial charge in [0, 0.05) is 59.3 Å². The summed E-state index contributed by atoms with van der Waals surface area (Å²) in [5.41, 5.74) is 5.95. The van der Waals surface area contributed by atoms with Gasteiger partial charge in [0.1, 0.15) is 17.3 Å². The van der Waals surface area contributed by atoms with E-state index in [0.29, 0.717) is 34.9 Å². The van der Waals surface area contributed by atoms with Crippen molar-refractivity contribution in [2.75, 3.05) is 18.4 Å². The van der Waals surface area contributed by atoms with Gasteiger partial charge in [0.15, 0.2) is 11.5 Å². The molecule has 6 heterocycles. The molecule has 8 nitrogen and oxygen atoms in total. The number of fused-ring (bicyclic) bond motifs is 2. The maximum absolute atomic E-state index is 16.1. The molecular formula is C30H26F2N8. The van der Waals surface area contributed by atoms with Crippen LogP contribution in [0.15, 0.2) is 66.2 Å². The third-order valence-corrected chi connectivity index (χ3v) is 7.54. The number of piperidine rings is 1. The Bertz CT molecular complexity index is 1740. The Morgan fingerprint density at radius 1 is 0.900 bits per heavy atom. The summed E-state index contributed by atoms with van der Waals surface area (Å²) >= 11 is 0. The van der Waals surface area contributed by atoms with E-state index in [1.54, 1.807) is 24.5 Å². The first-order valence-electron chi connectivity index (χ1n) is 13.4. The zero-order valence-corrected chi connectivity index (χ0v) is 21.7. The highest BCUT2D eigenvalue weighted by Crippen LogP contribution is 2.33. The maximum atomic E-state index is 16.1. The predicted octanol–water partition coefficient (Wildman–Crippen LogP) is 5.72. The lowest BCUT2D eigenvalue weighted by Gasteiger charge is -2.26. The normalized spacial score (nSPS) is 15.5. The van der Waals surface area contributed by atoms with Gasteiger partial charge < -0.3 is 5.32 Å². The average Bonchev–Trinajstić information content (AvgIpc) is 3.43. The summed E-state index contributed by atoms with van der Waals surface area (Å²) in [6.45, 7) is 3.26. The molecule has 0 aliphatic carbocycles. The lowest BCUT2D eigenvalue weighted by molar-refractivity contribution is 0.220. The van der Waals surface area contributed by atoms with Crippen molar-refractivity contribution in [1.29, 1.82) is 0 Å². The van der Waals surface area contributed by atoms with E-state index in [0.717, 1.165) is 42.0 Å². The minimum Gasteiger partial charge on any atom is -0.338 e. The fourth-order valence-electron chi connectivity index (χ4n) is 5.51. The van der Waals surface area contributed by atoms with Crippen LogP contribution in [0, 0.1) is 11.6 Å². The van der Waals surface area contributed by atoms with E-state index in [1.165, 1.54) is 37.6 Å². The Morgan fingerprint density at radius 3 is 2.60 bits per heavy atom. The maximum Gasteiger partial charge on any atom is 0.184 e. The van der Waals surface area contributed by atoms with Crippen LogP contribution in [0.5, 0.6) is 0 Å². The van der Waals surface area contributed by atoms with Crippen molar-refractivity contribution >= 4 is 22.6 Å². The van der Waals surface area contributed by atoms with Gasteiger partial charge in [-0.25, -0.2) is 13.8 Å². The molecule has 5 aromatic rings. The summed E-state index contributed by atoms with van der Waals surface area (Å²) in [5, 5.41) is 10.7. The summed E-state index contributed by atoms with van der Waals surface area (Å²) in [4.78, 5) is 20.5. The minimum atomic E-state index is -0.428. The topological polar surface area (TPSA) is 95.0 Å². The van der Waals surface area contributed by atoms with Crippen molar-refractivity contribution in [2.45, 2.75) is 32.4 Å². The molecule has 1 saturated heterocycles. The van der Waals surface area contributed by atoms with Crippen molar-refractivity contribution in [1.82, 2.24) is 30.0 Å². The molecule has 0 radical (unpaired) electrons. The van der Waals surface area contributed by atoms with Crippen LogP contribution in [0.2, 0.25) is 0 Å². The lowest BCUT2D eigenvalue weighted by atomic mass is 10.0. The first-order chi connectivity index (χ1) is 19.6. The number of aromatic amines is 1. The molecule has 0 spiro atoms. The van der Waals surface area contributed by atoms with Crippen LogP contribution in [0.4, 0.5) is 14.5 Å². The number of hydrogen-bond acceptors (Lipinski definition) is 7. The van der Waals surface area contributed by atoms with Gasteiger partial charge in [-0.2, -0.15) is 5.10 Å². The van der Waals surface area contributed by atoms with Gasteiger partial charge in [0.25, 0.3) is 0 Å². The number of H-pyrrole nitrogens is 1. The fourth-order valence-corrected chi connectivity index (χ4v) is 5.51. The highest BCUT2D eigenvalue weighted by Gasteiger charge is 2.24. The molecule has 1 fully saturated rings. The van der Waals surface area contributed by atoms with Crippen molar-refractivity contribution in [3.63, 3.8) is 0 Å². The molecule has 10 heteroatoms. The molecule has 200 valence electrons. The zero-order valence-electron chi connectivity index (χ0n) is 21.7. The van der Waals surface area contributed by atoms with Crippen molar-refractivity contribution in [3.05, 3.63) is 89.6 Å². The summed E-state index contributed by atoms with van der Waals surface area (Å²) < 4.78 is 29.6. The fraction of sp³-hybridized carbons (Fsp3) is 0.233. The molecule has 0 atom stereocenters. The van der Waals surface area contributed by atoms with E-state index in [1.807, 2.05) is 18.3 Å². The Balaban J connectivity index is 1.21. The van der Waals surface area contributed by atoms with Gasteiger partial charge >= 0.3 is 0 Å². The second kappa shape index (κ2) is 10.2. The molecule has 2 aliphatic heterocycles. The van der Waals surface area contributed by atoms with E-state index in [-0.39, 0.29) is 16.9 Å². The number of halogens is 2. The first kappa shape index (κ1) is 24.5. The highest BCUT2D eigenvalue weighted by atomic mass is 19.1. The minimum absolute atomic E-state index is 0.265. The summed E-state index contributed by atoms with van der Waals surface area (Å²) in [5.74, 6) is -0.276. The van der Waals surface area contributed by atoms with E-state index >= 15 is 4.39 Å². The van der Waals surface area contributed by atoms with Crippen molar-refractivity contribution < 1.29 is 8.78 Å². The number of pyridine rings is 3. The third-order valence-electron chi connectivity index (χ3n) is 7.54. The van der Waals surface area contributed by atoms with Crippen LogP contribution in [-0.2, 0) is 13.1 Å². The third kappa shape index (κ3) is 4.50. The van der Waals surface area contributed by atoms with Crippen LogP contribution in [0.3, 0.4) is 0 Å². The van der Waals surface area contributed by atoms with Crippen LogP contribution in [-0.4, -0.2) is 49.0 Å². The van der Waals surface area contributed by atoms with E-state index in [2.05, 4.69) is 35.4 Å². The number of hydrogen-bond donors (Lipinski definition) is 2. The predicted molar refractivity (Wildman–Crippen MR) is 150 cm³/mol. The van der Waals surface area contributed by atoms with Crippen LogP contribution < -0.4 is 5.32 Å².